The number of benzene rings is 1. The van der Waals surface area contributed by atoms with Crippen molar-refractivity contribution in [3.8, 4) is 0 Å². The molecule has 0 aromatic heterocycles. The standard InChI is InChI=1S/C21H26OSi/c1-23(2,11-6-4-3-5-7-11)15-10-14(22)18-19(15)21-17-13-9-8-12(13)16(17)20(18)21/h3-7,12-13,15-21H,8-10H2,1-2H3/t12?,13?,15-,16?,17?,18?,19?,20?,21?/m1/s1. The molecule has 5 fully saturated rings. The second-order valence-corrected chi connectivity index (χ2v) is 14.4. The summed E-state index contributed by atoms with van der Waals surface area (Å²) in [6.07, 6.45) is 3.89. The summed E-state index contributed by atoms with van der Waals surface area (Å²) >= 11 is 0. The van der Waals surface area contributed by atoms with Gasteiger partial charge in [-0.15, -0.1) is 0 Å². The van der Waals surface area contributed by atoms with Crippen LogP contribution in [0.1, 0.15) is 19.3 Å². The van der Waals surface area contributed by atoms with Gasteiger partial charge in [0, 0.05) is 12.3 Å². The molecule has 1 aromatic rings. The Morgan fingerprint density at radius 3 is 2.17 bits per heavy atom. The van der Waals surface area contributed by atoms with E-state index in [-0.39, 0.29) is 0 Å². The lowest BCUT2D eigenvalue weighted by molar-refractivity contribution is -0.325. The first-order chi connectivity index (χ1) is 11.1. The van der Waals surface area contributed by atoms with E-state index in [4.69, 9.17) is 0 Å². The molecule has 0 radical (unpaired) electrons. The molecule has 0 amide bonds. The molecule has 1 aromatic carbocycles. The Kier molecular flexibility index (Phi) is 2.34. The Bertz CT molecular complexity index is 695. The van der Waals surface area contributed by atoms with E-state index in [0.717, 1.165) is 47.8 Å². The van der Waals surface area contributed by atoms with Crippen LogP contribution in [0.5, 0.6) is 0 Å². The average molecular weight is 323 g/mol. The molecule has 9 atom stereocenters. The zero-order chi connectivity index (χ0) is 15.5. The number of hydrogen-bond donors (Lipinski definition) is 0. The zero-order valence-electron chi connectivity index (χ0n) is 14.1. The number of carbonyl (C=O) groups is 1. The van der Waals surface area contributed by atoms with Crippen molar-refractivity contribution in [2.45, 2.75) is 37.9 Å². The highest BCUT2D eigenvalue weighted by molar-refractivity contribution is 6.91. The molecule has 23 heavy (non-hydrogen) atoms. The fourth-order valence-electron chi connectivity index (χ4n) is 7.98. The van der Waals surface area contributed by atoms with Crippen molar-refractivity contribution in [2.75, 3.05) is 0 Å². The van der Waals surface area contributed by atoms with Gasteiger partial charge in [0.05, 0.1) is 8.07 Å². The van der Waals surface area contributed by atoms with Crippen molar-refractivity contribution >= 4 is 19.0 Å². The molecule has 5 saturated carbocycles. The summed E-state index contributed by atoms with van der Waals surface area (Å²) < 4.78 is 0. The fourth-order valence-corrected chi connectivity index (χ4v) is 11.6. The number of fused-ring (bicyclic) bond motifs is 10. The van der Waals surface area contributed by atoms with E-state index in [1.807, 2.05) is 0 Å². The molecule has 0 saturated heterocycles. The minimum atomic E-state index is -1.55. The molecular formula is C21H26OSi. The fraction of sp³-hybridized carbons (Fsp3) is 0.667. The maximum atomic E-state index is 12.8. The van der Waals surface area contributed by atoms with Crippen LogP contribution in [-0.2, 0) is 4.79 Å². The van der Waals surface area contributed by atoms with Crippen LogP contribution in [0.4, 0.5) is 0 Å². The smallest absolute Gasteiger partial charge is 0.136 e. The van der Waals surface area contributed by atoms with Gasteiger partial charge in [-0.2, -0.15) is 0 Å². The van der Waals surface area contributed by atoms with Gasteiger partial charge >= 0.3 is 0 Å². The SMILES string of the molecule is C[Si](C)(c1ccccc1)[C@@H]1CC(=O)C2C3C4C5CCC5C4C3C21. The molecule has 5 aliphatic rings. The van der Waals surface area contributed by atoms with E-state index in [9.17, 15) is 4.79 Å². The van der Waals surface area contributed by atoms with Gasteiger partial charge < -0.3 is 0 Å². The van der Waals surface area contributed by atoms with E-state index in [2.05, 4.69) is 43.4 Å². The maximum Gasteiger partial charge on any atom is 0.136 e. The molecule has 0 bridgehead atoms. The van der Waals surface area contributed by atoms with Crippen molar-refractivity contribution in [1.29, 1.82) is 0 Å². The Morgan fingerprint density at radius 2 is 1.52 bits per heavy atom. The van der Waals surface area contributed by atoms with Gasteiger partial charge in [0.15, 0.2) is 0 Å². The Balaban J connectivity index is 1.34. The summed E-state index contributed by atoms with van der Waals surface area (Å²) in [6, 6.07) is 11.2. The monoisotopic (exact) mass is 322 g/mol. The number of Topliss-reactive ketones (excluding diaryl/α,β-unsaturated/α-hetero) is 1. The first kappa shape index (κ1) is 13.4. The summed E-state index contributed by atoms with van der Waals surface area (Å²) in [5, 5.41) is 1.56. The lowest BCUT2D eigenvalue weighted by atomic mass is 9.24. The van der Waals surface area contributed by atoms with Crippen molar-refractivity contribution in [3.05, 3.63) is 30.3 Å². The van der Waals surface area contributed by atoms with Crippen LogP contribution < -0.4 is 5.19 Å². The number of ketones is 1. The third-order valence-corrected chi connectivity index (χ3v) is 13.4. The van der Waals surface area contributed by atoms with E-state index >= 15 is 0 Å². The van der Waals surface area contributed by atoms with Gasteiger partial charge in [-0.1, -0.05) is 48.6 Å². The average Bonchev–Trinajstić information content (AvgIpc) is 2.79. The van der Waals surface area contributed by atoms with Gasteiger partial charge in [-0.05, 0) is 59.8 Å². The van der Waals surface area contributed by atoms with Gasteiger partial charge in [-0.3, -0.25) is 4.79 Å². The minimum absolute atomic E-state index is 0.489. The van der Waals surface area contributed by atoms with Crippen LogP contribution in [0, 0.1) is 47.3 Å². The number of rotatable bonds is 2. The molecule has 0 N–H and O–H groups in total. The molecule has 8 unspecified atom stereocenters. The molecule has 2 heteroatoms. The lowest BCUT2D eigenvalue weighted by Crippen LogP contribution is -2.77. The van der Waals surface area contributed by atoms with Crippen molar-refractivity contribution in [2.24, 2.45) is 47.3 Å². The van der Waals surface area contributed by atoms with Crippen LogP contribution in [0.15, 0.2) is 30.3 Å². The Labute approximate surface area is 139 Å². The van der Waals surface area contributed by atoms with E-state index in [0.29, 0.717) is 17.2 Å². The minimum Gasteiger partial charge on any atom is -0.299 e. The van der Waals surface area contributed by atoms with Crippen molar-refractivity contribution < 1.29 is 4.79 Å². The summed E-state index contributed by atoms with van der Waals surface area (Å²) in [7, 11) is -1.55. The normalized spacial score (nSPS) is 51.9. The third kappa shape index (κ3) is 1.33. The molecule has 120 valence electrons. The van der Waals surface area contributed by atoms with Gasteiger partial charge in [0.1, 0.15) is 5.78 Å². The van der Waals surface area contributed by atoms with Crippen molar-refractivity contribution in [3.63, 3.8) is 0 Å². The summed E-state index contributed by atoms with van der Waals surface area (Å²) in [5.41, 5.74) is 0.712. The number of hydrogen-bond acceptors (Lipinski definition) is 1. The molecule has 1 nitrogen and oxygen atoms in total. The molecule has 5 aliphatic carbocycles. The van der Waals surface area contributed by atoms with Crippen LogP contribution in [-0.4, -0.2) is 13.9 Å². The summed E-state index contributed by atoms with van der Waals surface area (Å²) in [4.78, 5) is 12.8. The highest BCUT2D eigenvalue weighted by atomic mass is 28.3. The van der Waals surface area contributed by atoms with Crippen LogP contribution >= 0.6 is 0 Å². The van der Waals surface area contributed by atoms with E-state index in [1.165, 1.54) is 12.8 Å². The second kappa shape index (κ2) is 4.01. The molecule has 0 heterocycles. The predicted octanol–water partition coefficient (Wildman–Crippen LogP) is 3.71. The highest BCUT2D eigenvalue weighted by Crippen LogP contribution is 2.83. The van der Waals surface area contributed by atoms with Gasteiger partial charge in [0.2, 0.25) is 0 Å². The Morgan fingerprint density at radius 1 is 0.870 bits per heavy atom. The van der Waals surface area contributed by atoms with Crippen LogP contribution in [0.3, 0.4) is 0 Å². The molecular weight excluding hydrogens is 296 g/mol. The zero-order valence-corrected chi connectivity index (χ0v) is 15.1. The van der Waals surface area contributed by atoms with Crippen LogP contribution in [0.2, 0.25) is 18.6 Å². The lowest BCUT2D eigenvalue weighted by Gasteiger charge is -2.80. The first-order valence-electron chi connectivity index (χ1n) is 9.69. The first-order valence-corrected chi connectivity index (χ1v) is 12.8. The van der Waals surface area contributed by atoms with E-state index < -0.39 is 8.07 Å². The molecule has 6 rings (SSSR count). The quantitative estimate of drug-likeness (QED) is 0.599. The third-order valence-electron chi connectivity index (χ3n) is 9.13. The molecule has 0 spiro atoms. The van der Waals surface area contributed by atoms with Crippen molar-refractivity contribution in [1.82, 2.24) is 0 Å². The highest BCUT2D eigenvalue weighted by Gasteiger charge is 2.80. The largest absolute Gasteiger partial charge is 0.299 e. The van der Waals surface area contributed by atoms with Gasteiger partial charge in [0.25, 0.3) is 0 Å². The predicted molar refractivity (Wildman–Crippen MR) is 94.1 cm³/mol. The number of carbonyl (C=O) groups excluding carboxylic acids is 1. The van der Waals surface area contributed by atoms with E-state index in [1.54, 1.807) is 5.19 Å². The second-order valence-electron chi connectivity index (χ2n) is 9.68. The maximum absolute atomic E-state index is 12.8. The topological polar surface area (TPSA) is 17.1 Å². The van der Waals surface area contributed by atoms with Gasteiger partial charge in [-0.25, -0.2) is 0 Å². The van der Waals surface area contributed by atoms with Crippen LogP contribution in [0.25, 0.3) is 0 Å². The Hall–Kier alpha value is -0.893. The molecule has 0 aliphatic heterocycles. The summed E-state index contributed by atoms with van der Waals surface area (Å²) in [5.74, 6) is 7.88. The summed E-state index contributed by atoms with van der Waals surface area (Å²) in [6.45, 7) is 5.05.